The van der Waals surface area contributed by atoms with Crippen molar-refractivity contribution in [3.05, 3.63) is 0 Å². The Balaban J connectivity index is -0.0000000770. The molecular formula is C11H33N3O. The number of hydrogen-bond acceptors (Lipinski definition) is 4. The number of aliphatic hydroxyl groups excluding tert-OH is 1. The molecule has 0 aliphatic heterocycles. The van der Waals surface area contributed by atoms with E-state index in [2.05, 4.69) is 29.6 Å². The summed E-state index contributed by atoms with van der Waals surface area (Å²) in [5.74, 6) is 0. The summed E-state index contributed by atoms with van der Waals surface area (Å²) in [6, 6.07) is 0. The molecule has 0 atom stereocenters. The van der Waals surface area contributed by atoms with Crippen LogP contribution in [0, 0.1) is 0 Å². The molecule has 4 nitrogen and oxygen atoms in total. The van der Waals surface area contributed by atoms with Crippen LogP contribution in [-0.4, -0.2) is 64.4 Å². The third-order valence-electron chi connectivity index (χ3n) is 1.39. The normalized spacial score (nSPS) is 8.40. The predicted molar refractivity (Wildman–Crippen MR) is 71.6 cm³/mol. The van der Waals surface area contributed by atoms with Crippen LogP contribution in [0.1, 0.15) is 21.3 Å². The lowest BCUT2D eigenvalue weighted by molar-refractivity contribution is 0.296. The SMILES string of the molecule is C.C.CNCCCN(C)C.CNCCO. The number of likely N-dealkylation sites (N-methyl/N-ethyl adjacent to an activating group) is 1. The monoisotopic (exact) mass is 223 g/mol. The van der Waals surface area contributed by atoms with Gasteiger partial charge in [-0.1, -0.05) is 14.9 Å². The number of nitrogens with zero attached hydrogens (tertiary/aromatic N) is 1. The molecule has 0 fully saturated rings. The van der Waals surface area contributed by atoms with Gasteiger partial charge in [-0.25, -0.2) is 0 Å². The van der Waals surface area contributed by atoms with E-state index >= 15 is 0 Å². The van der Waals surface area contributed by atoms with Gasteiger partial charge >= 0.3 is 0 Å². The average Bonchev–Trinajstić information content (AvgIpc) is 2.07. The van der Waals surface area contributed by atoms with Crippen LogP contribution in [-0.2, 0) is 0 Å². The first-order valence-electron chi connectivity index (χ1n) is 4.73. The van der Waals surface area contributed by atoms with Crippen LogP contribution in [0.2, 0.25) is 0 Å². The number of hydrogen-bond donors (Lipinski definition) is 3. The second-order valence-electron chi connectivity index (χ2n) is 3.09. The summed E-state index contributed by atoms with van der Waals surface area (Å²) < 4.78 is 0. The van der Waals surface area contributed by atoms with E-state index in [1.807, 2.05) is 7.05 Å². The van der Waals surface area contributed by atoms with Crippen molar-refractivity contribution >= 4 is 0 Å². The van der Waals surface area contributed by atoms with Crippen molar-refractivity contribution in [1.29, 1.82) is 0 Å². The van der Waals surface area contributed by atoms with Crippen LogP contribution in [0.4, 0.5) is 0 Å². The maximum atomic E-state index is 8.00. The summed E-state index contributed by atoms with van der Waals surface area (Å²) in [4.78, 5) is 2.19. The molecule has 3 N–H and O–H groups in total. The van der Waals surface area contributed by atoms with Crippen molar-refractivity contribution in [2.45, 2.75) is 21.3 Å². The smallest absolute Gasteiger partial charge is 0.0555 e. The molecule has 0 amide bonds. The highest BCUT2D eigenvalue weighted by atomic mass is 16.3. The minimum atomic E-state index is 0. The summed E-state index contributed by atoms with van der Waals surface area (Å²) in [5, 5.41) is 13.9. The van der Waals surface area contributed by atoms with Gasteiger partial charge in [0.1, 0.15) is 0 Å². The first kappa shape index (κ1) is 24.2. The van der Waals surface area contributed by atoms with Crippen molar-refractivity contribution in [2.75, 3.05) is 54.4 Å². The molecule has 0 aromatic rings. The minimum absolute atomic E-state index is 0. The van der Waals surface area contributed by atoms with E-state index in [4.69, 9.17) is 5.11 Å². The molecule has 0 aromatic carbocycles. The van der Waals surface area contributed by atoms with Gasteiger partial charge in [0, 0.05) is 6.54 Å². The van der Waals surface area contributed by atoms with E-state index in [0.717, 1.165) is 6.54 Å². The zero-order valence-corrected chi connectivity index (χ0v) is 9.43. The standard InChI is InChI=1S/C6H16N2.C3H9NO.2CH4/c1-7-5-4-6-8(2)3;1-4-2-3-5;;/h7H,4-6H2,1-3H3;4-5H,2-3H2,1H3;2*1H4. The maximum absolute atomic E-state index is 8.00. The Labute approximate surface area is 97.1 Å². The molecule has 15 heavy (non-hydrogen) atoms. The Morgan fingerprint density at radius 3 is 1.67 bits per heavy atom. The van der Waals surface area contributed by atoms with E-state index in [0.29, 0.717) is 6.54 Å². The summed E-state index contributed by atoms with van der Waals surface area (Å²) in [6.45, 7) is 3.23. The second-order valence-corrected chi connectivity index (χ2v) is 3.09. The van der Waals surface area contributed by atoms with Crippen LogP contribution in [0.5, 0.6) is 0 Å². The van der Waals surface area contributed by atoms with Gasteiger partial charge in [0.2, 0.25) is 0 Å². The van der Waals surface area contributed by atoms with Crippen molar-refractivity contribution < 1.29 is 5.11 Å². The Morgan fingerprint density at radius 1 is 1.00 bits per heavy atom. The lowest BCUT2D eigenvalue weighted by Gasteiger charge is -2.07. The molecule has 0 aliphatic rings. The van der Waals surface area contributed by atoms with Gasteiger partial charge in [0.15, 0.2) is 0 Å². The zero-order chi connectivity index (χ0) is 10.5. The van der Waals surface area contributed by atoms with E-state index in [9.17, 15) is 0 Å². The third kappa shape index (κ3) is 41.5. The lowest BCUT2D eigenvalue weighted by atomic mass is 10.4. The largest absolute Gasteiger partial charge is 0.395 e. The Kier molecular flexibility index (Phi) is 38.0. The second kappa shape index (κ2) is 23.6. The van der Waals surface area contributed by atoms with Crippen molar-refractivity contribution in [1.82, 2.24) is 15.5 Å². The first-order valence-corrected chi connectivity index (χ1v) is 4.73. The third-order valence-corrected chi connectivity index (χ3v) is 1.39. The Hall–Kier alpha value is -0.160. The van der Waals surface area contributed by atoms with E-state index < -0.39 is 0 Å². The fourth-order valence-corrected chi connectivity index (χ4v) is 0.684. The average molecular weight is 223 g/mol. The van der Waals surface area contributed by atoms with Crippen molar-refractivity contribution in [3.63, 3.8) is 0 Å². The molecule has 0 saturated carbocycles. The topological polar surface area (TPSA) is 47.5 Å². The molecule has 0 bridgehead atoms. The van der Waals surface area contributed by atoms with Crippen LogP contribution >= 0.6 is 0 Å². The van der Waals surface area contributed by atoms with Crippen molar-refractivity contribution in [2.24, 2.45) is 0 Å². The molecular weight excluding hydrogens is 190 g/mol. The first-order chi connectivity index (χ1) is 6.18. The number of aliphatic hydroxyl groups is 1. The summed E-state index contributed by atoms with van der Waals surface area (Å²) >= 11 is 0. The highest BCUT2D eigenvalue weighted by Gasteiger charge is 1.85. The molecule has 0 aromatic heterocycles. The Bertz CT molecular complexity index is 78.2. The van der Waals surface area contributed by atoms with E-state index in [1.54, 1.807) is 7.05 Å². The molecule has 0 heterocycles. The molecule has 0 radical (unpaired) electrons. The minimum Gasteiger partial charge on any atom is -0.395 e. The number of nitrogens with one attached hydrogen (secondary N) is 2. The molecule has 0 unspecified atom stereocenters. The predicted octanol–water partition coefficient (Wildman–Crippen LogP) is 0.628. The molecule has 0 rings (SSSR count). The molecule has 4 heteroatoms. The maximum Gasteiger partial charge on any atom is 0.0555 e. The van der Waals surface area contributed by atoms with Crippen LogP contribution in [0.15, 0.2) is 0 Å². The van der Waals surface area contributed by atoms with Gasteiger partial charge in [-0.2, -0.15) is 0 Å². The van der Waals surface area contributed by atoms with Gasteiger partial charge in [-0.3, -0.25) is 0 Å². The molecule has 98 valence electrons. The summed E-state index contributed by atoms with van der Waals surface area (Å²) in [7, 11) is 7.97. The molecule has 0 aliphatic carbocycles. The summed E-state index contributed by atoms with van der Waals surface area (Å²) in [5.41, 5.74) is 0. The Morgan fingerprint density at radius 2 is 1.47 bits per heavy atom. The van der Waals surface area contributed by atoms with Gasteiger partial charge in [-0.15, -0.1) is 0 Å². The van der Waals surface area contributed by atoms with Gasteiger partial charge < -0.3 is 20.6 Å². The quantitative estimate of drug-likeness (QED) is 0.578. The lowest BCUT2D eigenvalue weighted by Crippen LogP contribution is -2.18. The van der Waals surface area contributed by atoms with Gasteiger partial charge in [0.05, 0.1) is 6.61 Å². The summed E-state index contributed by atoms with van der Waals surface area (Å²) in [6.07, 6.45) is 1.24. The van der Waals surface area contributed by atoms with Gasteiger partial charge in [-0.05, 0) is 47.7 Å². The van der Waals surface area contributed by atoms with E-state index in [-0.39, 0.29) is 21.5 Å². The van der Waals surface area contributed by atoms with Crippen LogP contribution in [0.3, 0.4) is 0 Å². The van der Waals surface area contributed by atoms with Crippen LogP contribution < -0.4 is 10.6 Å². The van der Waals surface area contributed by atoms with Crippen molar-refractivity contribution in [3.8, 4) is 0 Å². The number of rotatable bonds is 6. The fourth-order valence-electron chi connectivity index (χ4n) is 0.684. The molecule has 0 saturated heterocycles. The highest BCUT2D eigenvalue weighted by molar-refractivity contribution is 4.44. The fraction of sp³-hybridized carbons (Fsp3) is 1.00. The van der Waals surface area contributed by atoms with Gasteiger partial charge in [0.25, 0.3) is 0 Å². The zero-order valence-electron chi connectivity index (χ0n) is 9.43. The van der Waals surface area contributed by atoms with Crippen LogP contribution in [0.25, 0.3) is 0 Å². The highest BCUT2D eigenvalue weighted by Crippen LogP contribution is 1.78. The van der Waals surface area contributed by atoms with E-state index in [1.165, 1.54) is 13.0 Å². The molecule has 0 spiro atoms.